The summed E-state index contributed by atoms with van der Waals surface area (Å²) in [4.78, 5) is 11.1. The number of carbonyl (C=O) groups excluding carboxylic acids is 1. The minimum Gasteiger partial charge on any atom is -0.345 e. The topological polar surface area (TPSA) is 22.0 Å². The van der Waals surface area contributed by atoms with E-state index in [4.69, 9.17) is 0 Å². The third-order valence-corrected chi connectivity index (χ3v) is 3.93. The van der Waals surface area contributed by atoms with E-state index in [2.05, 4.69) is 29.7 Å². The minimum atomic E-state index is 0.275. The highest BCUT2D eigenvalue weighted by Gasteiger charge is 2.15. The van der Waals surface area contributed by atoms with Crippen LogP contribution in [0.4, 0.5) is 0 Å². The number of Topliss-reactive ketones (excluding diaryl/α,β-unsaturated/α-hetero) is 1. The van der Waals surface area contributed by atoms with Crippen LogP contribution < -0.4 is 0 Å². The number of ketones is 1. The molecule has 1 aromatic heterocycles. The van der Waals surface area contributed by atoms with Crippen LogP contribution in [0.3, 0.4) is 0 Å². The number of hydrogen-bond donors (Lipinski definition) is 0. The van der Waals surface area contributed by atoms with Gasteiger partial charge in [0.2, 0.25) is 0 Å². The van der Waals surface area contributed by atoms with Crippen LogP contribution in [0.5, 0.6) is 0 Å². The Balaban J connectivity index is 2.07. The van der Waals surface area contributed by atoms with Crippen LogP contribution in [0.25, 0.3) is 10.9 Å². The fourth-order valence-electron chi connectivity index (χ4n) is 3.08. The van der Waals surface area contributed by atoms with Crippen molar-refractivity contribution in [3.05, 3.63) is 35.0 Å². The Hall–Kier alpha value is -1.57. The fraction of sp³-hybridized carbons (Fsp3) is 0.438. The molecular formula is C16H19NO. The molecule has 2 aromatic rings. The maximum atomic E-state index is 11.1. The van der Waals surface area contributed by atoms with Crippen molar-refractivity contribution in [2.24, 2.45) is 0 Å². The number of benzene rings is 1. The molecule has 0 radical (unpaired) electrons. The van der Waals surface area contributed by atoms with Crippen LogP contribution in [0, 0.1) is 6.92 Å². The van der Waals surface area contributed by atoms with Gasteiger partial charge in [-0.15, -0.1) is 0 Å². The molecule has 0 N–H and O–H groups in total. The summed E-state index contributed by atoms with van der Waals surface area (Å²) in [5.41, 5.74) is 5.55. The molecule has 0 aliphatic carbocycles. The summed E-state index contributed by atoms with van der Waals surface area (Å²) in [6.07, 6.45) is 3.94. The SMILES string of the molecule is CC(=O)CCc1cc2c3c(c1)cc(C)n3CCC2. The van der Waals surface area contributed by atoms with Crippen molar-refractivity contribution in [2.45, 2.75) is 46.1 Å². The molecule has 0 bridgehead atoms. The maximum absolute atomic E-state index is 11.1. The van der Waals surface area contributed by atoms with Crippen LogP contribution in [0.1, 0.15) is 36.6 Å². The zero-order chi connectivity index (χ0) is 12.7. The van der Waals surface area contributed by atoms with Gasteiger partial charge in [-0.05, 0) is 56.4 Å². The van der Waals surface area contributed by atoms with E-state index in [1.165, 1.54) is 40.6 Å². The largest absolute Gasteiger partial charge is 0.345 e. The third kappa shape index (κ3) is 1.86. The van der Waals surface area contributed by atoms with Crippen LogP contribution in [-0.4, -0.2) is 10.4 Å². The van der Waals surface area contributed by atoms with Gasteiger partial charge < -0.3 is 9.36 Å². The number of aromatic nitrogens is 1. The summed E-state index contributed by atoms with van der Waals surface area (Å²) in [7, 11) is 0. The highest BCUT2D eigenvalue weighted by Crippen LogP contribution is 2.30. The van der Waals surface area contributed by atoms with Gasteiger partial charge in [-0.1, -0.05) is 6.07 Å². The van der Waals surface area contributed by atoms with Gasteiger partial charge in [-0.2, -0.15) is 0 Å². The van der Waals surface area contributed by atoms with Crippen molar-refractivity contribution in [1.82, 2.24) is 4.57 Å². The summed E-state index contributed by atoms with van der Waals surface area (Å²) in [6.45, 7) is 5.00. The molecule has 0 atom stereocenters. The van der Waals surface area contributed by atoms with E-state index in [-0.39, 0.29) is 5.78 Å². The van der Waals surface area contributed by atoms with Crippen LogP contribution in [0.15, 0.2) is 18.2 Å². The Labute approximate surface area is 108 Å². The van der Waals surface area contributed by atoms with Gasteiger partial charge in [0.1, 0.15) is 5.78 Å². The Morgan fingerprint density at radius 3 is 2.94 bits per heavy atom. The molecule has 2 heteroatoms. The smallest absolute Gasteiger partial charge is 0.130 e. The summed E-state index contributed by atoms with van der Waals surface area (Å²) in [5.74, 6) is 0.275. The van der Waals surface area contributed by atoms with Crippen molar-refractivity contribution in [2.75, 3.05) is 0 Å². The normalized spacial score (nSPS) is 14.1. The van der Waals surface area contributed by atoms with E-state index in [1.54, 1.807) is 6.92 Å². The molecule has 1 aromatic carbocycles. The van der Waals surface area contributed by atoms with E-state index in [0.29, 0.717) is 6.42 Å². The summed E-state index contributed by atoms with van der Waals surface area (Å²) >= 11 is 0. The lowest BCUT2D eigenvalue weighted by Crippen LogP contribution is -2.09. The first kappa shape index (κ1) is 11.5. The fourth-order valence-corrected chi connectivity index (χ4v) is 3.08. The van der Waals surface area contributed by atoms with Crippen molar-refractivity contribution in [3.63, 3.8) is 0 Å². The Morgan fingerprint density at radius 2 is 2.17 bits per heavy atom. The second-order valence-electron chi connectivity index (χ2n) is 5.44. The van der Waals surface area contributed by atoms with E-state index in [9.17, 15) is 4.79 Å². The molecule has 3 rings (SSSR count). The van der Waals surface area contributed by atoms with E-state index < -0.39 is 0 Å². The molecule has 1 aliphatic heterocycles. The molecule has 0 saturated heterocycles. The molecule has 2 nitrogen and oxygen atoms in total. The molecule has 0 amide bonds. The lowest BCUT2D eigenvalue weighted by atomic mass is 9.98. The van der Waals surface area contributed by atoms with Gasteiger partial charge in [0, 0.05) is 24.0 Å². The highest BCUT2D eigenvalue weighted by molar-refractivity contribution is 5.86. The Morgan fingerprint density at radius 1 is 1.33 bits per heavy atom. The van der Waals surface area contributed by atoms with E-state index in [1.807, 2.05) is 0 Å². The summed E-state index contributed by atoms with van der Waals surface area (Å²) in [6, 6.07) is 6.85. The van der Waals surface area contributed by atoms with Gasteiger partial charge in [-0.3, -0.25) is 0 Å². The molecule has 0 unspecified atom stereocenters. The van der Waals surface area contributed by atoms with E-state index in [0.717, 1.165) is 13.0 Å². The van der Waals surface area contributed by atoms with Crippen molar-refractivity contribution in [1.29, 1.82) is 0 Å². The second-order valence-corrected chi connectivity index (χ2v) is 5.44. The maximum Gasteiger partial charge on any atom is 0.130 e. The monoisotopic (exact) mass is 241 g/mol. The number of nitrogens with zero attached hydrogens (tertiary/aromatic N) is 1. The first-order valence-electron chi connectivity index (χ1n) is 6.76. The predicted molar refractivity (Wildman–Crippen MR) is 74.0 cm³/mol. The number of aryl methyl sites for hydroxylation is 4. The van der Waals surface area contributed by atoms with Crippen LogP contribution >= 0.6 is 0 Å². The summed E-state index contributed by atoms with van der Waals surface area (Å²) < 4.78 is 2.43. The van der Waals surface area contributed by atoms with E-state index >= 15 is 0 Å². The number of hydrogen-bond acceptors (Lipinski definition) is 1. The quantitative estimate of drug-likeness (QED) is 0.807. The lowest BCUT2D eigenvalue weighted by Gasteiger charge is -2.18. The Bertz CT molecular complexity index is 622. The van der Waals surface area contributed by atoms with Crippen molar-refractivity contribution >= 4 is 16.7 Å². The van der Waals surface area contributed by atoms with Gasteiger partial charge in [-0.25, -0.2) is 0 Å². The van der Waals surface area contributed by atoms with Gasteiger partial charge >= 0.3 is 0 Å². The zero-order valence-corrected chi connectivity index (χ0v) is 11.1. The predicted octanol–water partition coefficient (Wildman–Crippen LogP) is 3.42. The average molecular weight is 241 g/mol. The molecule has 94 valence electrons. The summed E-state index contributed by atoms with van der Waals surface area (Å²) in [5, 5.41) is 1.35. The molecule has 18 heavy (non-hydrogen) atoms. The average Bonchev–Trinajstić information content (AvgIpc) is 2.66. The molecule has 2 heterocycles. The molecule has 1 aliphatic rings. The highest BCUT2D eigenvalue weighted by atomic mass is 16.1. The van der Waals surface area contributed by atoms with Crippen molar-refractivity contribution in [3.8, 4) is 0 Å². The van der Waals surface area contributed by atoms with Crippen LogP contribution in [-0.2, 0) is 24.2 Å². The minimum absolute atomic E-state index is 0.275. The van der Waals surface area contributed by atoms with Gasteiger partial charge in [0.15, 0.2) is 0 Å². The van der Waals surface area contributed by atoms with Gasteiger partial charge in [0.05, 0.1) is 5.52 Å². The van der Waals surface area contributed by atoms with Crippen LogP contribution in [0.2, 0.25) is 0 Å². The Kier molecular flexibility index (Phi) is 2.73. The molecular weight excluding hydrogens is 222 g/mol. The number of carbonyl (C=O) groups is 1. The second kappa shape index (κ2) is 4.27. The first-order chi connectivity index (χ1) is 8.65. The molecule has 0 saturated carbocycles. The lowest BCUT2D eigenvalue weighted by molar-refractivity contribution is -0.116. The molecule has 0 spiro atoms. The standard InChI is InChI=1S/C16H19NO/c1-11-8-15-10-13(6-5-12(2)18)9-14-4-3-7-17(11)16(14)15/h8-10H,3-7H2,1-2H3. The van der Waals surface area contributed by atoms with Crippen molar-refractivity contribution < 1.29 is 4.79 Å². The van der Waals surface area contributed by atoms with Gasteiger partial charge in [0.25, 0.3) is 0 Å². The first-order valence-corrected chi connectivity index (χ1v) is 6.76. The molecule has 0 fully saturated rings. The zero-order valence-electron chi connectivity index (χ0n) is 11.1. The third-order valence-electron chi connectivity index (χ3n) is 3.93. The number of rotatable bonds is 3.